The summed E-state index contributed by atoms with van der Waals surface area (Å²) < 4.78 is 11.4. The van der Waals surface area contributed by atoms with Crippen LogP contribution in [0.1, 0.15) is 43.0 Å². The lowest BCUT2D eigenvalue weighted by atomic mass is 10.0. The molecule has 0 bridgehead atoms. The van der Waals surface area contributed by atoms with E-state index in [0.29, 0.717) is 12.0 Å². The SMILES string of the molecule is Cc1ccc2c(c1)[C@H](NCC[C@H](C)[S@](C)=O)[C@H](C)C2. The van der Waals surface area contributed by atoms with Gasteiger partial charge in [-0.15, -0.1) is 0 Å². The second kappa shape index (κ2) is 6.19. The topological polar surface area (TPSA) is 29.1 Å². The molecular formula is C16H25NOS. The van der Waals surface area contributed by atoms with Crippen LogP contribution in [0.25, 0.3) is 0 Å². The average Bonchev–Trinajstić information content (AvgIpc) is 2.65. The second-order valence-electron chi connectivity index (χ2n) is 5.91. The monoisotopic (exact) mass is 279 g/mol. The Balaban J connectivity index is 1.98. The van der Waals surface area contributed by atoms with Crippen LogP contribution >= 0.6 is 0 Å². The van der Waals surface area contributed by atoms with Crippen molar-refractivity contribution in [2.75, 3.05) is 12.8 Å². The van der Waals surface area contributed by atoms with Gasteiger partial charge in [0.15, 0.2) is 0 Å². The lowest BCUT2D eigenvalue weighted by molar-refractivity contribution is 0.413. The Bertz CT molecular complexity index is 472. The maximum Gasteiger partial charge on any atom is 0.0352 e. The fraction of sp³-hybridized carbons (Fsp3) is 0.625. The summed E-state index contributed by atoms with van der Waals surface area (Å²) in [5, 5.41) is 3.94. The third kappa shape index (κ3) is 3.46. The van der Waals surface area contributed by atoms with Crippen molar-refractivity contribution in [3.8, 4) is 0 Å². The molecule has 0 aromatic heterocycles. The lowest BCUT2D eigenvalue weighted by Gasteiger charge is -2.20. The van der Waals surface area contributed by atoms with Gasteiger partial charge in [-0.05, 0) is 43.4 Å². The van der Waals surface area contributed by atoms with E-state index in [1.54, 1.807) is 6.26 Å². The number of hydrogen-bond acceptors (Lipinski definition) is 2. The van der Waals surface area contributed by atoms with Gasteiger partial charge in [-0.1, -0.05) is 37.6 Å². The molecule has 3 heteroatoms. The zero-order valence-corrected chi connectivity index (χ0v) is 13.2. The summed E-state index contributed by atoms with van der Waals surface area (Å²) in [5.41, 5.74) is 4.29. The number of fused-ring (bicyclic) bond motifs is 1. The minimum absolute atomic E-state index is 0.279. The predicted octanol–water partition coefficient (Wildman–Crippen LogP) is 2.98. The molecule has 0 aliphatic heterocycles. The van der Waals surface area contributed by atoms with Gasteiger partial charge in [-0.25, -0.2) is 0 Å². The van der Waals surface area contributed by atoms with Gasteiger partial charge in [0.25, 0.3) is 0 Å². The molecule has 2 rings (SSSR count). The van der Waals surface area contributed by atoms with E-state index >= 15 is 0 Å². The normalized spacial score (nSPS) is 25.1. The maximum absolute atomic E-state index is 11.4. The van der Waals surface area contributed by atoms with E-state index in [9.17, 15) is 4.21 Å². The van der Waals surface area contributed by atoms with Gasteiger partial charge in [-0.3, -0.25) is 4.21 Å². The Morgan fingerprint density at radius 1 is 1.47 bits per heavy atom. The summed E-state index contributed by atoms with van der Waals surface area (Å²) in [6, 6.07) is 7.26. The van der Waals surface area contributed by atoms with Crippen LogP contribution < -0.4 is 5.32 Å². The van der Waals surface area contributed by atoms with Crippen molar-refractivity contribution in [2.45, 2.75) is 44.9 Å². The molecule has 0 fully saturated rings. The highest BCUT2D eigenvalue weighted by Crippen LogP contribution is 2.36. The molecule has 0 radical (unpaired) electrons. The van der Waals surface area contributed by atoms with E-state index in [1.165, 1.54) is 23.1 Å². The van der Waals surface area contributed by atoms with E-state index in [1.807, 2.05) is 0 Å². The van der Waals surface area contributed by atoms with Gasteiger partial charge >= 0.3 is 0 Å². The van der Waals surface area contributed by atoms with Crippen molar-refractivity contribution >= 4 is 10.8 Å². The molecule has 1 aromatic carbocycles. The minimum Gasteiger partial charge on any atom is -0.310 e. The average molecular weight is 279 g/mol. The van der Waals surface area contributed by atoms with Crippen LogP contribution in [0, 0.1) is 12.8 Å². The van der Waals surface area contributed by atoms with Gasteiger partial charge in [-0.2, -0.15) is 0 Å². The van der Waals surface area contributed by atoms with Crippen molar-refractivity contribution in [2.24, 2.45) is 5.92 Å². The first-order chi connectivity index (χ1) is 8.99. The van der Waals surface area contributed by atoms with E-state index in [0.717, 1.165) is 13.0 Å². The number of hydrogen-bond donors (Lipinski definition) is 1. The van der Waals surface area contributed by atoms with Crippen LogP contribution in [0.3, 0.4) is 0 Å². The zero-order valence-electron chi connectivity index (χ0n) is 12.4. The van der Waals surface area contributed by atoms with Gasteiger partial charge < -0.3 is 5.32 Å². The highest BCUT2D eigenvalue weighted by atomic mass is 32.2. The summed E-state index contributed by atoms with van der Waals surface area (Å²) in [6.45, 7) is 7.48. The minimum atomic E-state index is -0.711. The molecule has 0 spiro atoms. The Labute approximate surface area is 119 Å². The fourth-order valence-corrected chi connectivity index (χ4v) is 3.33. The Kier molecular flexibility index (Phi) is 4.80. The van der Waals surface area contributed by atoms with Gasteiger partial charge in [0.2, 0.25) is 0 Å². The summed E-state index contributed by atoms with van der Waals surface area (Å²) in [6.07, 6.45) is 3.94. The largest absolute Gasteiger partial charge is 0.310 e. The van der Waals surface area contributed by atoms with Crippen molar-refractivity contribution in [3.05, 3.63) is 34.9 Å². The van der Waals surface area contributed by atoms with Crippen LogP contribution in [0.5, 0.6) is 0 Å². The Morgan fingerprint density at radius 3 is 2.89 bits per heavy atom. The molecule has 0 heterocycles. The van der Waals surface area contributed by atoms with Gasteiger partial charge in [0.05, 0.1) is 0 Å². The highest BCUT2D eigenvalue weighted by molar-refractivity contribution is 7.84. The molecule has 0 unspecified atom stereocenters. The molecule has 1 aliphatic rings. The predicted molar refractivity (Wildman–Crippen MR) is 82.9 cm³/mol. The molecule has 0 saturated carbocycles. The summed E-state index contributed by atoms with van der Waals surface area (Å²) in [7, 11) is -0.711. The second-order valence-corrected chi connectivity index (χ2v) is 7.72. The van der Waals surface area contributed by atoms with Crippen LogP contribution in [0.2, 0.25) is 0 Å². The molecule has 2 nitrogen and oxygen atoms in total. The number of aryl methyl sites for hydroxylation is 1. The first-order valence-electron chi connectivity index (χ1n) is 7.14. The molecule has 106 valence electrons. The molecule has 4 atom stereocenters. The van der Waals surface area contributed by atoms with Crippen LogP contribution in [-0.2, 0) is 17.2 Å². The van der Waals surface area contributed by atoms with Gasteiger partial charge in [0.1, 0.15) is 0 Å². The first kappa shape index (κ1) is 14.7. The summed E-state index contributed by atoms with van der Waals surface area (Å²) in [4.78, 5) is 0. The van der Waals surface area contributed by atoms with E-state index in [2.05, 4.69) is 44.3 Å². The van der Waals surface area contributed by atoms with Crippen LogP contribution in [-0.4, -0.2) is 22.3 Å². The molecule has 1 aromatic rings. The molecule has 1 N–H and O–H groups in total. The summed E-state index contributed by atoms with van der Waals surface area (Å²) in [5.74, 6) is 0.652. The van der Waals surface area contributed by atoms with E-state index in [4.69, 9.17) is 0 Å². The standard InChI is InChI=1S/C16H25NOS/c1-11-5-6-14-10-12(2)16(15(14)9-11)17-8-7-13(3)19(4)18/h5-6,9,12-13,16-17H,7-8,10H2,1-4H3/t12-,13+,16-,19+/m1/s1. The smallest absolute Gasteiger partial charge is 0.0352 e. The molecular weight excluding hydrogens is 254 g/mol. The van der Waals surface area contributed by atoms with Crippen molar-refractivity contribution < 1.29 is 4.21 Å². The van der Waals surface area contributed by atoms with Crippen LogP contribution in [0.15, 0.2) is 18.2 Å². The van der Waals surface area contributed by atoms with Crippen LogP contribution in [0.4, 0.5) is 0 Å². The Morgan fingerprint density at radius 2 is 2.21 bits per heavy atom. The zero-order chi connectivity index (χ0) is 14.0. The van der Waals surface area contributed by atoms with Gasteiger partial charge in [0, 0.05) is 28.3 Å². The van der Waals surface area contributed by atoms with Crippen molar-refractivity contribution in [1.29, 1.82) is 0 Å². The third-order valence-electron chi connectivity index (χ3n) is 4.23. The molecule has 19 heavy (non-hydrogen) atoms. The Hall–Kier alpha value is -0.670. The highest BCUT2D eigenvalue weighted by Gasteiger charge is 2.28. The molecule has 1 aliphatic carbocycles. The summed E-state index contributed by atoms with van der Waals surface area (Å²) >= 11 is 0. The van der Waals surface area contributed by atoms with Crippen molar-refractivity contribution in [3.63, 3.8) is 0 Å². The number of nitrogens with one attached hydrogen (secondary N) is 1. The van der Waals surface area contributed by atoms with E-state index < -0.39 is 10.8 Å². The molecule has 0 amide bonds. The molecule has 0 saturated heterocycles. The van der Waals surface area contributed by atoms with Crippen molar-refractivity contribution in [1.82, 2.24) is 5.32 Å². The fourth-order valence-electron chi connectivity index (χ4n) is 2.88. The third-order valence-corrected chi connectivity index (χ3v) is 5.60. The quantitative estimate of drug-likeness (QED) is 0.898. The maximum atomic E-state index is 11.4. The first-order valence-corrected chi connectivity index (χ1v) is 8.76. The number of benzene rings is 1. The van der Waals surface area contributed by atoms with E-state index in [-0.39, 0.29) is 5.25 Å². The number of rotatable bonds is 5. The lowest BCUT2D eigenvalue weighted by Crippen LogP contribution is -2.27.